The summed E-state index contributed by atoms with van der Waals surface area (Å²) in [4.78, 5) is 39.5. The molecule has 0 spiro atoms. The summed E-state index contributed by atoms with van der Waals surface area (Å²) in [6.07, 6.45) is 1.04. The van der Waals surface area contributed by atoms with Crippen LogP contribution >= 0.6 is 0 Å². The summed E-state index contributed by atoms with van der Waals surface area (Å²) in [6, 6.07) is 7.95. The predicted molar refractivity (Wildman–Crippen MR) is 113 cm³/mol. The highest BCUT2D eigenvalue weighted by Crippen LogP contribution is 2.21. The zero-order chi connectivity index (χ0) is 22.2. The van der Waals surface area contributed by atoms with E-state index in [0.29, 0.717) is 22.1 Å². The Labute approximate surface area is 180 Å². The number of rotatable bonds is 4. The van der Waals surface area contributed by atoms with Crippen molar-refractivity contribution in [3.63, 3.8) is 0 Å². The molecule has 0 aliphatic carbocycles. The third kappa shape index (κ3) is 3.51. The SMILES string of the molecule is O=C(N[C@@H]1CO[C@H](Cn2cnc3c(=O)[nH]cnc32)[C@@H](O)[C@H]1O)c1cccc2ncccc12. The molecule has 1 amide bonds. The van der Waals surface area contributed by atoms with Gasteiger partial charge < -0.3 is 29.8 Å². The Morgan fingerprint density at radius 3 is 2.94 bits per heavy atom. The van der Waals surface area contributed by atoms with Crippen LogP contribution in [0, 0.1) is 0 Å². The number of aliphatic hydroxyl groups is 2. The summed E-state index contributed by atoms with van der Waals surface area (Å²) in [7, 11) is 0. The third-order valence-electron chi connectivity index (χ3n) is 5.62. The van der Waals surface area contributed by atoms with Gasteiger partial charge in [0.25, 0.3) is 11.5 Å². The molecule has 11 heteroatoms. The lowest BCUT2D eigenvalue weighted by Crippen LogP contribution is -2.59. The van der Waals surface area contributed by atoms with E-state index in [2.05, 4.69) is 25.3 Å². The molecular weight excluding hydrogens is 416 g/mol. The first kappa shape index (κ1) is 20.2. The Bertz CT molecular complexity index is 1350. The van der Waals surface area contributed by atoms with E-state index in [4.69, 9.17) is 4.74 Å². The first-order chi connectivity index (χ1) is 15.5. The quantitative estimate of drug-likeness (QED) is 0.336. The number of fused-ring (bicyclic) bond motifs is 2. The Kier molecular flexibility index (Phi) is 5.13. The van der Waals surface area contributed by atoms with Gasteiger partial charge in [0.15, 0.2) is 11.2 Å². The topological polar surface area (TPSA) is 155 Å². The zero-order valence-electron chi connectivity index (χ0n) is 16.8. The molecule has 0 radical (unpaired) electrons. The number of hydrogen-bond donors (Lipinski definition) is 4. The number of benzene rings is 1. The number of imidazole rings is 1. The highest BCUT2D eigenvalue weighted by molar-refractivity contribution is 6.06. The van der Waals surface area contributed by atoms with Gasteiger partial charge in [0.2, 0.25) is 0 Å². The van der Waals surface area contributed by atoms with E-state index in [1.807, 2.05) is 6.07 Å². The van der Waals surface area contributed by atoms with Gasteiger partial charge in [-0.25, -0.2) is 9.97 Å². The second-order valence-corrected chi connectivity index (χ2v) is 7.61. The Morgan fingerprint density at radius 2 is 2.06 bits per heavy atom. The molecule has 32 heavy (non-hydrogen) atoms. The van der Waals surface area contributed by atoms with Crippen LogP contribution < -0.4 is 10.9 Å². The number of carbonyl (C=O) groups is 1. The lowest BCUT2D eigenvalue weighted by molar-refractivity contribution is -0.152. The minimum absolute atomic E-state index is 0.00170. The van der Waals surface area contributed by atoms with Crippen molar-refractivity contribution in [3.8, 4) is 0 Å². The fraction of sp³-hybridized carbons (Fsp3) is 0.286. The number of hydrogen-bond acceptors (Lipinski definition) is 8. The minimum atomic E-state index is -1.28. The van der Waals surface area contributed by atoms with Gasteiger partial charge in [-0.3, -0.25) is 14.6 Å². The third-order valence-corrected chi connectivity index (χ3v) is 5.62. The number of aromatic amines is 1. The highest BCUT2D eigenvalue weighted by Gasteiger charge is 2.39. The molecule has 4 atom stereocenters. The Hall–Kier alpha value is -3.67. The summed E-state index contributed by atoms with van der Waals surface area (Å²) in [5.41, 5.74) is 1.25. The van der Waals surface area contributed by atoms with Gasteiger partial charge in [0.1, 0.15) is 18.3 Å². The largest absolute Gasteiger partial charge is 0.388 e. The number of nitrogens with one attached hydrogen (secondary N) is 2. The summed E-state index contributed by atoms with van der Waals surface area (Å²) in [6.45, 7) is 0.124. The van der Waals surface area contributed by atoms with Crippen molar-refractivity contribution >= 4 is 28.0 Å². The number of aliphatic hydroxyl groups excluding tert-OH is 2. The molecule has 1 aliphatic heterocycles. The van der Waals surface area contributed by atoms with Crippen LogP contribution in [-0.2, 0) is 11.3 Å². The fourth-order valence-electron chi connectivity index (χ4n) is 3.94. The average molecular weight is 436 g/mol. The molecular formula is C21H20N6O5. The summed E-state index contributed by atoms with van der Waals surface area (Å²) < 4.78 is 7.33. The van der Waals surface area contributed by atoms with E-state index in [-0.39, 0.29) is 24.2 Å². The van der Waals surface area contributed by atoms with Gasteiger partial charge in [0.05, 0.1) is 37.4 Å². The molecule has 4 aromatic rings. The van der Waals surface area contributed by atoms with Crippen molar-refractivity contribution in [1.29, 1.82) is 0 Å². The maximum atomic E-state index is 12.9. The average Bonchev–Trinajstić information content (AvgIpc) is 3.22. The van der Waals surface area contributed by atoms with E-state index in [1.165, 1.54) is 12.7 Å². The molecule has 1 fully saturated rings. The molecule has 1 aromatic carbocycles. The summed E-state index contributed by atoms with van der Waals surface area (Å²) >= 11 is 0. The number of pyridine rings is 1. The van der Waals surface area contributed by atoms with E-state index in [0.717, 1.165) is 0 Å². The first-order valence-corrected chi connectivity index (χ1v) is 10.0. The summed E-state index contributed by atoms with van der Waals surface area (Å²) in [5.74, 6) is -0.397. The van der Waals surface area contributed by atoms with Crippen molar-refractivity contribution in [2.45, 2.75) is 30.9 Å². The van der Waals surface area contributed by atoms with Gasteiger partial charge >= 0.3 is 0 Å². The van der Waals surface area contributed by atoms with Crippen LogP contribution in [0.3, 0.4) is 0 Å². The Balaban J connectivity index is 1.30. The van der Waals surface area contributed by atoms with E-state index >= 15 is 0 Å². The standard InChI is InChI=1S/C21H20N6O5/c28-17-14(26-20(30)12-3-1-5-13-11(12)4-2-6-22-13)8-32-15(18(17)29)7-27-10-25-16-19(27)23-9-24-21(16)31/h1-6,9-10,14-15,17-18,28-29H,7-8H2,(H,26,30)(H,23,24,31)/t14-,15-,17+,18-/m1/s1. The lowest BCUT2D eigenvalue weighted by Gasteiger charge is -2.38. The van der Waals surface area contributed by atoms with Crippen molar-refractivity contribution in [2.24, 2.45) is 0 Å². The van der Waals surface area contributed by atoms with E-state index in [9.17, 15) is 19.8 Å². The van der Waals surface area contributed by atoms with Crippen LogP contribution in [0.4, 0.5) is 0 Å². The summed E-state index contributed by atoms with van der Waals surface area (Å²) in [5, 5.41) is 24.7. The second-order valence-electron chi connectivity index (χ2n) is 7.61. The van der Waals surface area contributed by atoms with E-state index in [1.54, 1.807) is 35.0 Å². The van der Waals surface area contributed by atoms with Crippen molar-refractivity contribution < 1.29 is 19.7 Å². The van der Waals surface area contributed by atoms with Crippen molar-refractivity contribution in [1.82, 2.24) is 29.8 Å². The number of amides is 1. The molecule has 4 heterocycles. The number of H-pyrrole nitrogens is 1. The van der Waals surface area contributed by atoms with Crippen LogP contribution in [-0.4, -0.2) is 71.6 Å². The second kappa shape index (κ2) is 8.11. The number of ether oxygens (including phenoxy) is 1. The maximum Gasteiger partial charge on any atom is 0.278 e. The van der Waals surface area contributed by atoms with Crippen LogP contribution in [0.1, 0.15) is 10.4 Å². The smallest absolute Gasteiger partial charge is 0.278 e. The van der Waals surface area contributed by atoms with Crippen molar-refractivity contribution in [3.05, 3.63) is 65.1 Å². The van der Waals surface area contributed by atoms with Crippen LogP contribution in [0.5, 0.6) is 0 Å². The molecule has 4 N–H and O–H groups in total. The molecule has 164 valence electrons. The highest BCUT2D eigenvalue weighted by atomic mass is 16.5. The van der Waals surface area contributed by atoms with Gasteiger partial charge in [-0.1, -0.05) is 12.1 Å². The normalized spacial score (nSPS) is 23.4. The molecule has 0 bridgehead atoms. The molecule has 1 aliphatic rings. The van der Waals surface area contributed by atoms with E-state index < -0.39 is 30.3 Å². The first-order valence-electron chi connectivity index (χ1n) is 10.0. The van der Waals surface area contributed by atoms with Crippen LogP contribution in [0.2, 0.25) is 0 Å². The Morgan fingerprint density at radius 1 is 1.19 bits per heavy atom. The zero-order valence-corrected chi connectivity index (χ0v) is 16.8. The predicted octanol–water partition coefficient (Wildman–Crippen LogP) is -0.413. The molecule has 5 rings (SSSR count). The number of nitrogens with zero attached hydrogens (tertiary/aromatic N) is 4. The minimum Gasteiger partial charge on any atom is -0.388 e. The lowest BCUT2D eigenvalue weighted by atomic mass is 9.97. The van der Waals surface area contributed by atoms with Crippen LogP contribution in [0.15, 0.2) is 54.0 Å². The maximum absolute atomic E-state index is 12.9. The molecule has 0 saturated carbocycles. The molecule has 0 unspecified atom stereocenters. The molecule has 1 saturated heterocycles. The van der Waals surface area contributed by atoms with Gasteiger partial charge in [-0.15, -0.1) is 0 Å². The number of aromatic nitrogens is 5. The van der Waals surface area contributed by atoms with Gasteiger partial charge in [0, 0.05) is 17.1 Å². The van der Waals surface area contributed by atoms with Gasteiger partial charge in [-0.05, 0) is 18.2 Å². The van der Waals surface area contributed by atoms with Crippen molar-refractivity contribution in [2.75, 3.05) is 6.61 Å². The van der Waals surface area contributed by atoms with Crippen LogP contribution in [0.25, 0.3) is 22.1 Å². The molecule has 3 aromatic heterocycles. The number of carbonyl (C=O) groups excluding carboxylic acids is 1. The fourth-order valence-corrected chi connectivity index (χ4v) is 3.94. The van der Waals surface area contributed by atoms with Gasteiger partial charge in [-0.2, -0.15) is 0 Å². The molecule has 11 nitrogen and oxygen atoms in total. The monoisotopic (exact) mass is 436 g/mol.